The fourth-order valence-corrected chi connectivity index (χ4v) is 4.92. The lowest BCUT2D eigenvalue weighted by molar-refractivity contribution is -0.116. The average Bonchev–Trinajstić information content (AvgIpc) is 3.18. The fraction of sp³-hybridized carbons (Fsp3) is 0.278. The van der Waals surface area contributed by atoms with Crippen molar-refractivity contribution in [2.24, 2.45) is 0 Å². The molecule has 0 fully saturated rings. The second-order valence-corrected chi connectivity index (χ2v) is 8.19. The number of amides is 1. The van der Waals surface area contributed by atoms with Crippen LogP contribution in [0, 0.1) is 6.92 Å². The number of aryl methyl sites for hydroxylation is 3. The molecule has 4 rings (SSSR count). The first kappa shape index (κ1) is 17.5. The second kappa shape index (κ2) is 6.68. The number of halogens is 2. The first-order valence-corrected chi connectivity index (χ1v) is 9.77. The Bertz CT molecular complexity index is 1100. The van der Waals surface area contributed by atoms with Gasteiger partial charge in [0.25, 0.3) is 5.56 Å². The Kier molecular flexibility index (Phi) is 4.50. The summed E-state index contributed by atoms with van der Waals surface area (Å²) in [7, 11) is 0. The minimum absolute atomic E-state index is 0.146. The number of benzene rings is 1. The van der Waals surface area contributed by atoms with Crippen LogP contribution in [-0.2, 0) is 24.2 Å². The molecule has 0 aliphatic heterocycles. The Morgan fingerprint density at radius 1 is 1.35 bits per heavy atom. The first-order chi connectivity index (χ1) is 12.5. The molecule has 0 spiro atoms. The van der Waals surface area contributed by atoms with Crippen molar-refractivity contribution in [2.75, 3.05) is 5.32 Å². The molecular weight excluding hydrogens is 393 g/mol. The van der Waals surface area contributed by atoms with Gasteiger partial charge in [0.15, 0.2) is 0 Å². The molecule has 8 heteroatoms. The first-order valence-electron chi connectivity index (χ1n) is 8.20. The monoisotopic (exact) mass is 407 g/mol. The second-order valence-electron chi connectivity index (χ2n) is 6.32. The predicted octanol–water partition coefficient (Wildman–Crippen LogP) is 4.20. The van der Waals surface area contributed by atoms with E-state index in [-0.39, 0.29) is 18.0 Å². The van der Waals surface area contributed by atoms with Crippen molar-refractivity contribution in [2.45, 2.75) is 32.7 Å². The quantitative estimate of drug-likeness (QED) is 0.707. The number of nitrogens with one attached hydrogen (secondary N) is 1. The van der Waals surface area contributed by atoms with Gasteiger partial charge >= 0.3 is 0 Å². The molecule has 0 saturated heterocycles. The van der Waals surface area contributed by atoms with E-state index in [0.29, 0.717) is 21.1 Å². The smallest absolute Gasteiger partial charge is 0.262 e. The molecule has 26 heavy (non-hydrogen) atoms. The maximum Gasteiger partial charge on any atom is 0.262 e. The summed E-state index contributed by atoms with van der Waals surface area (Å²) in [5.74, 6) is -0.380. The lowest BCUT2D eigenvalue weighted by Gasteiger charge is -2.12. The van der Waals surface area contributed by atoms with Crippen LogP contribution in [0.5, 0.6) is 0 Å². The van der Waals surface area contributed by atoms with Crippen LogP contribution in [0.2, 0.25) is 10.0 Å². The molecule has 1 aromatic carbocycles. The molecule has 1 N–H and O–H groups in total. The molecule has 2 aromatic heterocycles. The van der Waals surface area contributed by atoms with Crippen LogP contribution in [0.1, 0.15) is 22.4 Å². The third-order valence-corrected chi connectivity index (χ3v) is 6.56. The van der Waals surface area contributed by atoms with Gasteiger partial charge in [-0.3, -0.25) is 14.2 Å². The van der Waals surface area contributed by atoms with Gasteiger partial charge in [0.1, 0.15) is 11.4 Å². The molecule has 1 aliphatic rings. The maximum absolute atomic E-state index is 12.8. The Morgan fingerprint density at radius 3 is 2.96 bits per heavy atom. The molecule has 2 heterocycles. The van der Waals surface area contributed by atoms with Gasteiger partial charge in [-0.1, -0.05) is 29.3 Å². The molecular formula is C18H15Cl2N3O2S. The van der Waals surface area contributed by atoms with E-state index < -0.39 is 0 Å². The summed E-state index contributed by atoms with van der Waals surface area (Å²) >= 11 is 13.9. The third kappa shape index (κ3) is 2.92. The normalized spacial score (nSPS) is 13.2. The molecule has 1 aliphatic carbocycles. The summed E-state index contributed by atoms with van der Waals surface area (Å²) in [6.45, 7) is 1.68. The van der Waals surface area contributed by atoms with Gasteiger partial charge in [0, 0.05) is 4.88 Å². The average molecular weight is 408 g/mol. The van der Waals surface area contributed by atoms with E-state index in [2.05, 4.69) is 10.3 Å². The standard InChI is InChI=1S/C18H15Cl2N3O2S/c1-9-5-6-11(19)16(15(9)20)22-13(24)7-23-8-21-17-14(18(23)25)10-3-2-4-12(10)26-17/h5-6,8H,2-4,7H2,1H3,(H,22,24). The van der Waals surface area contributed by atoms with Crippen LogP contribution < -0.4 is 10.9 Å². The zero-order chi connectivity index (χ0) is 18.4. The zero-order valence-electron chi connectivity index (χ0n) is 13.9. The van der Waals surface area contributed by atoms with E-state index in [4.69, 9.17) is 23.2 Å². The summed E-state index contributed by atoms with van der Waals surface area (Å²) in [6, 6.07) is 3.45. The van der Waals surface area contributed by atoms with Crippen molar-refractivity contribution >= 4 is 56.3 Å². The Morgan fingerprint density at radius 2 is 2.15 bits per heavy atom. The highest BCUT2D eigenvalue weighted by atomic mass is 35.5. The van der Waals surface area contributed by atoms with Crippen molar-refractivity contribution < 1.29 is 4.79 Å². The van der Waals surface area contributed by atoms with Gasteiger partial charge in [-0.2, -0.15) is 0 Å². The molecule has 0 unspecified atom stereocenters. The number of hydrogen-bond donors (Lipinski definition) is 1. The van der Waals surface area contributed by atoms with Crippen LogP contribution in [0.3, 0.4) is 0 Å². The minimum Gasteiger partial charge on any atom is -0.322 e. The number of nitrogens with zero attached hydrogens (tertiary/aromatic N) is 2. The van der Waals surface area contributed by atoms with Crippen LogP contribution in [-0.4, -0.2) is 15.5 Å². The van der Waals surface area contributed by atoms with Crippen LogP contribution in [0.15, 0.2) is 23.3 Å². The SMILES string of the molecule is Cc1ccc(Cl)c(NC(=O)Cn2cnc3sc4c(c3c2=O)CCC4)c1Cl. The summed E-state index contributed by atoms with van der Waals surface area (Å²) < 4.78 is 1.33. The topological polar surface area (TPSA) is 64.0 Å². The molecule has 0 bridgehead atoms. The number of rotatable bonds is 3. The summed E-state index contributed by atoms with van der Waals surface area (Å²) in [5.41, 5.74) is 2.09. The van der Waals surface area contributed by atoms with Gasteiger partial charge in [0.2, 0.25) is 5.91 Å². The number of thiophene rings is 1. The summed E-state index contributed by atoms with van der Waals surface area (Å²) in [4.78, 5) is 31.6. The molecule has 3 aromatic rings. The van der Waals surface area contributed by atoms with E-state index >= 15 is 0 Å². The van der Waals surface area contributed by atoms with Gasteiger partial charge < -0.3 is 5.32 Å². The highest BCUT2D eigenvalue weighted by Gasteiger charge is 2.22. The Balaban J connectivity index is 1.64. The lowest BCUT2D eigenvalue weighted by atomic mass is 10.2. The maximum atomic E-state index is 12.8. The van der Waals surface area contributed by atoms with Crippen LogP contribution in [0.25, 0.3) is 10.2 Å². The van der Waals surface area contributed by atoms with Gasteiger partial charge in [-0.05, 0) is 43.4 Å². The Hall–Kier alpha value is -1.89. The highest BCUT2D eigenvalue weighted by molar-refractivity contribution is 7.18. The zero-order valence-corrected chi connectivity index (χ0v) is 16.3. The van der Waals surface area contributed by atoms with Crippen molar-refractivity contribution in [3.05, 3.63) is 54.9 Å². The fourth-order valence-electron chi connectivity index (χ4n) is 3.24. The third-order valence-electron chi connectivity index (χ3n) is 4.55. The molecule has 5 nitrogen and oxygen atoms in total. The molecule has 0 saturated carbocycles. The predicted molar refractivity (Wildman–Crippen MR) is 106 cm³/mol. The molecule has 1 amide bonds. The van der Waals surface area contributed by atoms with Crippen molar-refractivity contribution in [3.63, 3.8) is 0 Å². The molecule has 0 atom stereocenters. The number of fused-ring (bicyclic) bond motifs is 3. The number of aromatic nitrogens is 2. The van der Waals surface area contributed by atoms with Crippen LogP contribution in [0.4, 0.5) is 5.69 Å². The summed E-state index contributed by atoms with van der Waals surface area (Å²) in [5, 5.41) is 4.10. The van der Waals surface area contributed by atoms with E-state index in [0.717, 1.165) is 35.2 Å². The molecule has 0 radical (unpaired) electrons. The van der Waals surface area contributed by atoms with E-state index in [1.54, 1.807) is 23.5 Å². The number of carbonyl (C=O) groups is 1. The minimum atomic E-state index is -0.380. The van der Waals surface area contributed by atoms with Gasteiger partial charge in [-0.15, -0.1) is 11.3 Å². The number of anilines is 1. The Labute approximate surface area is 163 Å². The lowest BCUT2D eigenvalue weighted by Crippen LogP contribution is -2.28. The van der Waals surface area contributed by atoms with E-state index in [9.17, 15) is 9.59 Å². The van der Waals surface area contributed by atoms with E-state index in [1.165, 1.54) is 15.8 Å². The van der Waals surface area contributed by atoms with Crippen LogP contribution >= 0.6 is 34.5 Å². The molecule has 134 valence electrons. The highest BCUT2D eigenvalue weighted by Crippen LogP contribution is 2.34. The van der Waals surface area contributed by atoms with Crippen molar-refractivity contribution in [3.8, 4) is 0 Å². The van der Waals surface area contributed by atoms with Gasteiger partial charge in [-0.25, -0.2) is 4.98 Å². The number of carbonyl (C=O) groups excluding carboxylic acids is 1. The number of hydrogen-bond acceptors (Lipinski definition) is 4. The van der Waals surface area contributed by atoms with Gasteiger partial charge in [0.05, 0.1) is 27.4 Å². The van der Waals surface area contributed by atoms with E-state index in [1.807, 2.05) is 6.92 Å². The summed E-state index contributed by atoms with van der Waals surface area (Å²) in [6.07, 6.45) is 4.39. The van der Waals surface area contributed by atoms with Crippen molar-refractivity contribution in [1.82, 2.24) is 9.55 Å². The van der Waals surface area contributed by atoms with Crippen molar-refractivity contribution in [1.29, 1.82) is 0 Å². The largest absolute Gasteiger partial charge is 0.322 e.